The molecule has 19 heavy (non-hydrogen) atoms. The summed E-state index contributed by atoms with van der Waals surface area (Å²) in [5.74, 6) is -0.411. The monoisotopic (exact) mass is 272 g/mol. The number of nitrogens with zero attached hydrogens (tertiary/aromatic N) is 2. The number of carbonyl (C=O) groups is 2. The fraction of sp³-hybridized carbons (Fsp3) is 0.727. The lowest BCUT2D eigenvalue weighted by atomic mass is 10.1. The molecule has 0 aliphatic carbocycles. The molecule has 108 valence electrons. The van der Waals surface area contributed by atoms with Crippen LogP contribution in [0.5, 0.6) is 0 Å². The van der Waals surface area contributed by atoms with Crippen LogP contribution in [0.15, 0.2) is 5.16 Å². The maximum atomic E-state index is 11.5. The van der Waals surface area contributed by atoms with E-state index in [4.69, 9.17) is 15.7 Å². The zero-order valence-corrected chi connectivity index (χ0v) is 11.0. The SMILES string of the molecule is CCOC(=O)N1CCC(NC(=O)C/C(N)=N/O)CC1. The molecule has 0 bridgehead atoms. The normalized spacial score (nSPS) is 17.1. The van der Waals surface area contributed by atoms with Gasteiger partial charge in [0, 0.05) is 19.1 Å². The first kappa shape index (κ1) is 15.1. The van der Waals surface area contributed by atoms with Crippen molar-refractivity contribution in [1.82, 2.24) is 10.2 Å². The Labute approximate surface area is 111 Å². The summed E-state index contributed by atoms with van der Waals surface area (Å²) in [7, 11) is 0. The van der Waals surface area contributed by atoms with Gasteiger partial charge in [-0.3, -0.25) is 4.79 Å². The van der Waals surface area contributed by atoms with Crippen LogP contribution in [-0.2, 0) is 9.53 Å². The van der Waals surface area contributed by atoms with E-state index in [1.807, 2.05) is 0 Å². The van der Waals surface area contributed by atoms with Crippen LogP contribution in [0.4, 0.5) is 4.79 Å². The maximum absolute atomic E-state index is 11.5. The average Bonchev–Trinajstić information content (AvgIpc) is 2.39. The van der Waals surface area contributed by atoms with Crippen LogP contribution < -0.4 is 11.1 Å². The maximum Gasteiger partial charge on any atom is 0.409 e. The van der Waals surface area contributed by atoms with Crippen molar-refractivity contribution in [2.75, 3.05) is 19.7 Å². The quantitative estimate of drug-likeness (QED) is 0.285. The summed E-state index contributed by atoms with van der Waals surface area (Å²) in [5, 5.41) is 13.9. The van der Waals surface area contributed by atoms with Crippen LogP contribution in [0, 0.1) is 0 Å². The van der Waals surface area contributed by atoms with E-state index in [-0.39, 0.29) is 30.3 Å². The molecule has 0 atom stereocenters. The zero-order chi connectivity index (χ0) is 14.3. The van der Waals surface area contributed by atoms with Crippen LogP contribution in [0.1, 0.15) is 26.2 Å². The van der Waals surface area contributed by atoms with E-state index in [0.29, 0.717) is 32.5 Å². The van der Waals surface area contributed by atoms with Crippen molar-refractivity contribution >= 4 is 17.8 Å². The third-order valence-corrected chi connectivity index (χ3v) is 2.86. The van der Waals surface area contributed by atoms with Crippen LogP contribution in [0.25, 0.3) is 0 Å². The van der Waals surface area contributed by atoms with Crippen LogP contribution in [-0.4, -0.2) is 53.7 Å². The summed E-state index contributed by atoms with van der Waals surface area (Å²) < 4.78 is 4.90. The first-order valence-corrected chi connectivity index (χ1v) is 6.24. The van der Waals surface area contributed by atoms with E-state index in [2.05, 4.69) is 10.5 Å². The Morgan fingerprint density at radius 2 is 2.11 bits per heavy atom. The van der Waals surface area contributed by atoms with Crippen LogP contribution in [0.3, 0.4) is 0 Å². The summed E-state index contributed by atoms with van der Waals surface area (Å²) in [6.07, 6.45) is 0.889. The van der Waals surface area contributed by atoms with E-state index in [9.17, 15) is 9.59 Å². The predicted octanol–water partition coefficient (Wildman–Crippen LogP) is -0.140. The van der Waals surface area contributed by atoms with E-state index < -0.39 is 0 Å². The molecule has 1 aliphatic heterocycles. The van der Waals surface area contributed by atoms with Gasteiger partial charge in [0.15, 0.2) is 0 Å². The molecule has 0 spiro atoms. The summed E-state index contributed by atoms with van der Waals surface area (Å²) in [4.78, 5) is 24.6. The molecule has 0 saturated carbocycles. The Balaban J connectivity index is 2.30. The van der Waals surface area contributed by atoms with Gasteiger partial charge in [-0.15, -0.1) is 0 Å². The average molecular weight is 272 g/mol. The van der Waals surface area contributed by atoms with Crippen molar-refractivity contribution in [2.45, 2.75) is 32.2 Å². The lowest BCUT2D eigenvalue weighted by molar-refractivity contribution is -0.120. The smallest absolute Gasteiger partial charge is 0.409 e. The zero-order valence-electron chi connectivity index (χ0n) is 11.0. The molecule has 8 nitrogen and oxygen atoms in total. The molecule has 4 N–H and O–H groups in total. The molecule has 1 saturated heterocycles. The summed E-state index contributed by atoms with van der Waals surface area (Å²) in [5.41, 5.74) is 5.24. The molecule has 0 aromatic rings. The van der Waals surface area contributed by atoms with Gasteiger partial charge in [-0.2, -0.15) is 0 Å². The number of amides is 2. The number of amidine groups is 1. The van der Waals surface area contributed by atoms with Crippen LogP contribution >= 0.6 is 0 Å². The highest BCUT2D eigenvalue weighted by molar-refractivity contribution is 5.98. The minimum atomic E-state index is -0.316. The van der Waals surface area contributed by atoms with Crippen molar-refractivity contribution < 1.29 is 19.5 Å². The molecule has 0 aromatic heterocycles. The highest BCUT2D eigenvalue weighted by Gasteiger charge is 2.24. The van der Waals surface area contributed by atoms with Crippen LogP contribution in [0.2, 0.25) is 0 Å². The van der Waals surface area contributed by atoms with Crippen molar-refractivity contribution in [1.29, 1.82) is 0 Å². The number of rotatable bonds is 4. The molecule has 0 aromatic carbocycles. The van der Waals surface area contributed by atoms with Gasteiger partial charge in [-0.25, -0.2) is 4.79 Å². The van der Waals surface area contributed by atoms with Gasteiger partial charge >= 0.3 is 6.09 Å². The first-order chi connectivity index (χ1) is 9.06. The number of likely N-dealkylation sites (tertiary alicyclic amines) is 1. The number of nitrogens with one attached hydrogen (secondary N) is 1. The number of hydrogen-bond acceptors (Lipinski definition) is 5. The molecule has 1 rings (SSSR count). The summed E-state index contributed by atoms with van der Waals surface area (Å²) in [6.45, 7) is 3.22. The topological polar surface area (TPSA) is 117 Å². The van der Waals surface area contributed by atoms with Gasteiger partial charge in [0.1, 0.15) is 5.84 Å². The molecule has 1 heterocycles. The first-order valence-electron chi connectivity index (χ1n) is 6.24. The van der Waals surface area contributed by atoms with Crippen molar-refractivity contribution in [3.05, 3.63) is 0 Å². The number of piperidine rings is 1. The highest BCUT2D eigenvalue weighted by Crippen LogP contribution is 2.11. The van der Waals surface area contributed by atoms with Crippen molar-refractivity contribution in [2.24, 2.45) is 10.9 Å². The van der Waals surface area contributed by atoms with E-state index in [1.54, 1.807) is 11.8 Å². The molecule has 0 unspecified atom stereocenters. The van der Waals surface area contributed by atoms with Gasteiger partial charge in [0.2, 0.25) is 5.91 Å². The van der Waals surface area contributed by atoms with Gasteiger partial charge in [0.25, 0.3) is 0 Å². The minimum Gasteiger partial charge on any atom is -0.450 e. The predicted molar refractivity (Wildman–Crippen MR) is 67.8 cm³/mol. The number of hydrogen-bond donors (Lipinski definition) is 3. The molecule has 1 fully saturated rings. The van der Waals surface area contributed by atoms with E-state index in [1.165, 1.54) is 0 Å². The second kappa shape index (κ2) is 7.45. The Kier molecular flexibility index (Phi) is 5.91. The molecular formula is C11H20N4O4. The Morgan fingerprint density at radius 3 is 2.63 bits per heavy atom. The number of nitrogens with two attached hydrogens (primary N) is 1. The van der Waals surface area contributed by atoms with Crippen molar-refractivity contribution in [3.8, 4) is 0 Å². The third-order valence-electron chi connectivity index (χ3n) is 2.86. The second-order valence-corrected chi connectivity index (χ2v) is 4.30. The van der Waals surface area contributed by atoms with Gasteiger partial charge in [-0.1, -0.05) is 5.16 Å². The molecule has 2 amide bonds. The largest absolute Gasteiger partial charge is 0.450 e. The lowest BCUT2D eigenvalue weighted by Crippen LogP contribution is -2.47. The fourth-order valence-corrected chi connectivity index (χ4v) is 1.90. The Morgan fingerprint density at radius 1 is 1.47 bits per heavy atom. The van der Waals surface area contributed by atoms with Gasteiger partial charge in [-0.05, 0) is 19.8 Å². The number of carbonyl (C=O) groups excluding carboxylic acids is 2. The number of ether oxygens (including phenoxy) is 1. The fourth-order valence-electron chi connectivity index (χ4n) is 1.90. The molecule has 0 radical (unpaired) electrons. The minimum absolute atomic E-state index is 0.00432. The lowest BCUT2D eigenvalue weighted by Gasteiger charge is -2.31. The standard InChI is InChI=1S/C11H20N4O4/c1-2-19-11(17)15-5-3-8(4-6-15)13-10(16)7-9(12)14-18/h8,18H,2-7H2,1H3,(H2,12,14)(H,13,16). The molecular weight excluding hydrogens is 252 g/mol. The van der Waals surface area contributed by atoms with Crippen molar-refractivity contribution in [3.63, 3.8) is 0 Å². The number of oxime groups is 1. The van der Waals surface area contributed by atoms with E-state index in [0.717, 1.165) is 0 Å². The summed E-state index contributed by atoms with van der Waals surface area (Å²) in [6, 6.07) is 0.00432. The van der Waals surface area contributed by atoms with Gasteiger partial charge in [0.05, 0.1) is 13.0 Å². The Hall–Kier alpha value is -1.99. The van der Waals surface area contributed by atoms with Gasteiger partial charge < -0.3 is 25.9 Å². The summed E-state index contributed by atoms with van der Waals surface area (Å²) >= 11 is 0. The third kappa shape index (κ3) is 5.02. The molecule has 1 aliphatic rings. The highest BCUT2D eigenvalue weighted by atomic mass is 16.6. The van der Waals surface area contributed by atoms with E-state index >= 15 is 0 Å². The second-order valence-electron chi connectivity index (χ2n) is 4.30. The molecule has 8 heteroatoms. The Bertz CT molecular complexity index is 351.